The van der Waals surface area contributed by atoms with E-state index < -0.39 is 0 Å². The summed E-state index contributed by atoms with van der Waals surface area (Å²) in [5.74, 6) is -0.00250. The standard InChI is InChI=1S/C17H18INO/c1-2-8-16(13-9-4-3-5-10-13)19-17(20)14-11-6-7-12-15(14)18/h3-7,9-12,16H,2,8H2,1H3,(H,19,20)/t16-/m1/s1. The van der Waals surface area contributed by atoms with E-state index in [4.69, 9.17) is 0 Å². The topological polar surface area (TPSA) is 29.1 Å². The lowest BCUT2D eigenvalue weighted by Gasteiger charge is -2.19. The van der Waals surface area contributed by atoms with Crippen LogP contribution in [0.25, 0.3) is 0 Å². The molecule has 0 spiro atoms. The summed E-state index contributed by atoms with van der Waals surface area (Å²) >= 11 is 2.20. The molecule has 0 aliphatic rings. The second-order valence-electron chi connectivity index (χ2n) is 4.71. The number of hydrogen-bond donors (Lipinski definition) is 1. The van der Waals surface area contributed by atoms with Crippen LogP contribution < -0.4 is 5.32 Å². The van der Waals surface area contributed by atoms with Crippen LogP contribution in [0.3, 0.4) is 0 Å². The van der Waals surface area contributed by atoms with E-state index in [2.05, 4.69) is 47.0 Å². The van der Waals surface area contributed by atoms with E-state index in [1.807, 2.05) is 42.5 Å². The van der Waals surface area contributed by atoms with E-state index in [1.54, 1.807) is 0 Å². The molecular formula is C17H18INO. The molecule has 0 aromatic heterocycles. The molecule has 2 aromatic rings. The fourth-order valence-corrected chi connectivity index (χ4v) is 2.81. The van der Waals surface area contributed by atoms with Crippen LogP contribution >= 0.6 is 22.6 Å². The van der Waals surface area contributed by atoms with E-state index in [1.165, 1.54) is 0 Å². The molecule has 3 heteroatoms. The molecule has 1 atom stereocenters. The van der Waals surface area contributed by atoms with Gasteiger partial charge in [-0.2, -0.15) is 0 Å². The monoisotopic (exact) mass is 379 g/mol. The normalized spacial score (nSPS) is 11.9. The van der Waals surface area contributed by atoms with Crippen molar-refractivity contribution in [3.63, 3.8) is 0 Å². The fraction of sp³-hybridized carbons (Fsp3) is 0.235. The van der Waals surface area contributed by atoms with Gasteiger partial charge < -0.3 is 5.32 Å². The molecule has 0 saturated carbocycles. The Bertz CT molecular complexity index is 568. The highest BCUT2D eigenvalue weighted by molar-refractivity contribution is 14.1. The summed E-state index contributed by atoms with van der Waals surface area (Å²) in [5, 5.41) is 3.15. The molecule has 0 unspecified atom stereocenters. The number of benzene rings is 2. The number of amides is 1. The van der Waals surface area contributed by atoms with Gasteiger partial charge in [-0.25, -0.2) is 0 Å². The second kappa shape index (κ2) is 7.43. The van der Waals surface area contributed by atoms with Gasteiger partial charge in [0.2, 0.25) is 0 Å². The molecular weight excluding hydrogens is 361 g/mol. The maximum Gasteiger partial charge on any atom is 0.252 e. The van der Waals surface area contributed by atoms with Gasteiger partial charge in [-0.05, 0) is 46.7 Å². The van der Waals surface area contributed by atoms with Gasteiger partial charge in [-0.15, -0.1) is 0 Å². The van der Waals surface area contributed by atoms with Crippen molar-refractivity contribution in [1.82, 2.24) is 5.32 Å². The van der Waals surface area contributed by atoms with Crippen molar-refractivity contribution in [2.45, 2.75) is 25.8 Å². The number of nitrogens with one attached hydrogen (secondary N) is 1. The first-order chi connectivity index (χ1) is 9.72. The van der Waals surface area contributed by atoms with Crippen LogP contribution in [0, 0.1) is 3.57 Å². The van der Waals surface area contributed by atoms with Crippen LogP contribution in [-0.4, -0.2) is 5.91 Å². The third-order valence-electron chi connectivity index (χ3n) is 3.20. The Morgan fingerprint density at radius 2 is 1.75 bits per heavy atom. The Kier molecular flexibility index (Phi) is 5.59. The molecule has 2 aromatic carbocycles. The summed E-state index contributed by atoms with van der Waals surface area (Å²) in [4.78, 5) is 12.4. The zero-order chi connectivity index (χ0) is 14.4. The van der Waals surface area contributed by atoms with Crippen molar-refractivity contribution in [3.8, 4) is 0 Å². The maximum absolute atomic E-state index is 12.4. The van der Waals surface area contributed by atoms with Crippen molar-refractivity contribution in [3.05, 3.63) is 69.3 Å². The molecule has 0 saturated heterocycles. The molecule has 104 valence electrons. The van der Waals surface area contributed by atoms with Crippen LogP contribution in [0.1, 0.15) is 41.7 Å². The molecule has 0 radical (unpaired) electrons. The number of carbonyl (C=O) groups excluding carboxylic acids is 1. The van der Waals surface area contributed by atoms with Crippen molar-refractivity contribution < 1.29 is 4.79 Å². The van der Waals surface area contributed by atoms with E-state index >= 15 is 0 Å². The number of carbonyl (C=O) groups is 1. The van der Waals surface area contributed by atoms with Gasteiger partial charge in [0.25, 0.3) is 5.91 Å². The van der Waals surface area contributed by atoms with Crippen molar-refractivity contribution >= 4 is 28.5 Å². The Balaban J connectivity index is 2.17. The van der Waals surface area contributed by atoms with Gasteiger partial charge in [0, 0.05) is 3.57 Å². The molecule has 0 aliphatic heterocycles. The smallest absolute Gasteiger partial charge is 0.252 e. The Hall–Kier alpha value is -1.36. The average molecular weight is 379 g/mol. The van der Waals surface area contributed by atoms with Crippen molar-refractivity contribution in [2.24, 2.45) is 0 Å². The van der Waals surface area contributed by atoms with Crippen LogP contribution in [0.5, 0.6) is 0 Å². The first-order valence-electron chi connectivity index (χ1n) is 6.82. The minimum Gasteiger partial charge on any atom is -0.345 e. The quantitative estimate of drug-likeness (QED) is 0.759. The zero-order valence-electron chi connectivity index (χ0n) is 11.5. The summed E-state index contributed by atoms with van der Waals surface area (Å²) in [5.41, 5.74) is 1.90. The second-order valence-corrected chi connectivity index (χ2v) is 5.87. The molecule has 0 heterocycles. The Morgan fingerprint density at radius 3 is 2.40 bits per heavy atom. The molecule has 2 nitrogen and oxygen atoms in total. The lowest BCUT2D eigenvalue weighted by molar-refractivity contribution is 0.0933. The van der Waals surface area contributed by atoms with Crippen LogP contribution in [0.15, 0.2) is 54.6 Å². The lowest BCUT2D eigenvalue weighted by atomic mass is 10.0. The molecule has 0 fully saturated rings. The predicted molar refractivity (Wildman–Crippen MR) is 90.7 cm³/mol. The number of rotatable bonds is 5. The van der Waals surface area contributed by atoms with E-state index in [0.717, 1.165) is 27.5 Å². The Morgan fingerprint density at radius 1 is 1.10 bits per heavy atom. The molecule has 0 bridgehead atoms. The van der Waals surface area contributed by atoms with E-state index in [0.29, 0.717) is 0 Å². The Labute approximate surface area is 133 Å². The molecule has 1 amide bonds. The minimum absolute atomic E-state index is 0.00250. The highest BCUT2D eigenvalue weighted by Crippen LogP contribution is 2.20. The zero-order valence-corrected chi connectivity index (χ0v) is 13.6. The molecule has 0 aliphatic carbocycles. The molecule has 20 heavy (non-hydrogen) atoms. The number of hydrogen-bond acceptors (Lipinski definition) is 1. The predicted octanol–water partition coefficient (Wildman–Crippen LogP) is 4.56. The molecule has 2 rings (SSSR count). The van der Waals surface area contributed by atoms with E-state index in [-0.39, 0.29) is 11.9 Å². The van der Waals surface area contributed by atoms with Crippen LogP contribution in [0.4, 0.5) is 0 Å². The fourth-order valence-electron chi connectivity index (χ4n) is 2.18. The van der Waals surface area contributed by atoms with Crippen LogP contribution in [0.2, 0.25) is 0 Å². The van der Waals surface area contributed by atoms with Gasteiger partial charge in [0.05, 0.1) is 11.6 Å². The van der Waals surface area contributed by atoms with Crippen molar-refractivity contribution in [1.29, 1.82) is 0 Å². The van der Waals surface area contributed by atoms with Gasteiger partial charge in [-0.1, -0.05) is 55.8 Å². The van der Waals surface area contributed by atoms with Gasteiger partial charge in [0.1, 0.15) is 0 Å². The van der Waals surface area contributed by atoms with Gasteiger partial charge in [0.15, 0.2) is 0 Å². The summed E-state index contributed by atoms with van der Waals surface area (Å²) in [6.45, 7) is 2.13. The summed E-state index contributed by atoms with van der Waals surface area (Å²) in [6, 6.07) is 17.9. The number of halogens is 1. The summed E-state index contributed by atoms with van der Waals surface area (Å²) < 4.78 is 0.978. The van der Waals surface area contributed by atoms with Crippen molar-refractivity contribution in [2.75, 3.05) is 0 Å². The lowest BCUT2D eigenvalue weighted by Crippen LogP contribution is -2.29. The minimum atomic E-state index is -0.00250. The van der Waals surface area contributed by atoms with E-state index in [9.17, 15) is 4.79 Å². The average Bonchev–Trinajstić information content (AvgIpc) is 2.48. The van der Waals surface area contributed by atoms with Gasteiger partial charge in [-0.3, -0.25) is 4.79 Å². The first kappa shape index (κ1) is 15.0. The molecule has 1 N–H and O–H groups in total. The largest absolute Gasteiger partial charge is 0.345 e. The third-order valence-corrected chi connectivity index (χ3v) is 4.14. The first-order valence-corrected chi connectivity index (χ1v) is 7.90. The third kappa shape index (κ3) is 3.82. The SMILES string of the molecule is CCC[C@@H](NC(=O)c1ccccc1I)c1ccccc1. The van der Waals surface area contributed by atoms with Gasteiger partial charge >= 0.3 is 0 Å². The maximum atomic E-state index is 12.4. The highest BCUT2D eigenvalue weighted by atomic mass is 127. The summed E-state index contributed by atoms with van der Waals surface area (Å²) in [6.07, 6.45) is 1.98. The van der Waals surface area contributed by atoms with Crippen LogP contribution in [-0.2, 0) is 0 Å². The highest BCUT2D eigenvalue weighted by Gasteiger charge is 2.16. The summed E-state index contributed by atoms with van der Waals surface area (Å²) in [7, 11) is 0.